The molecule has 0 aliphatic heterocycles. The number of hydrazone groups is 1. The summed E-state index contributed by atoms with van der Waals surface area (Å²) >= 11 is 19.6. The Morgan fingerprint density at radius 3 is 2.48 bits per heavy atom. The van der Waals surface area contributed by atoms with E-state index in [1.807, 2.05) is 72.1 Å². The summed E-state index contributed by atoms with van der Waals surface area (Å²) < 4.78 is 5.84. The first-order chi connectivity index (χ1) is 19.4. The molecule has 0 saturated carbocycles. The summed E-state index contributed by atoms with van der Waals surface area (Å²) in [5.74, 6) is 0.321. The van der Waals surface area contributed by atoms with E-state index in [-0.39, 0.29) is 5.91 Å². The van der Waals surface area contributed by atoms with E-state index in [0.29, 0.717) is 33.0 Å². The fraction of sp³-hybridized carbons (Fsp3) is 0.0333. The second kappa shape index (κ2) is 13.0. The van der Waals surface area contributed by atoms with Gasteiger partial charge in [0.2, 0.25) is 0 Å². The summed E-state index contributed by atoms with van der Waals surface area (Å²) in [5.41, 5.74) is 7.25. The standard InChI is InChI=1S/C30H21Cl3N4O2S/c31-23-10-12-25(13-11-23)35-30-36-28(18-40-30)20-4-6-21(7-5-20)29(38)37-34-16-19-2-1-3-26(14-19)39-17-22-8-9-24(32)15-27(22)33/h1-16,18H,17H2,(H,35,36)(H,37,38)/b34-16-. The van der Waals surface area contributed by atoms with E-state index in [4.69, 9.17) is 39.5 Å². The average Bonchev–Trinajstić information content (AvgIpc) is 3.42. The minimum atomic E-state index is -0.323. The number of anilines is 2. The number of benzene rings is 4. The van der Waals surface area contributed by atoms with Crippen LogP contribution >= 0.6 is 46.1 Å². The van der Waals surface area contributed by atoms with Crippen molar-refractivity contribution in [1.82, 2.24) is 10.4 Å². The zero-order chi connectivity index (χ0) is 27.9. The molecule has 0 unspecified atom stereocenters. The Labute approximate surface area is 250 Å². The summed E-state index contributed by atoms with van der Waals surface area (Å²) in [6.07, 6.45) is 1.55. The van der Waals surface area contributed by atoms with E-state index >= 15 is 0 Å². The lowest BCUT2D eigenvalue weighted by molar-refractivity contribution is 0.0955. The van der Waals surface area contributed by atoms with Gasteiger partial charge >= 0.3 is 0 Å². The summed E-state index contributed by atoms with van der Waals surface area (Å²) in [6, 6.07) is 27.2. The summed E-state index contributed by atoms with van der Waals surface area (Å²) in [4.78, 5) is 17.2. The van der Waals surface area contributed by atoms with Crippen LogP contribution in [0.15, 0.2) is 101 Å². The number of hydrogen-bond donors (Lipinski definition) is 2. The number of hydrogen-bond acceptors (Lipinski definition) is 6. The molecule has 0 saturated heterocycles. The predicted molar refractivity (Wildman–Crippen MR) is 165 cm³/mol. The number of halogens is 3. The molecule has 5 aromatic rings. The fourth-order valence-corrected chi connectivity index (χ4v) is 4.96. The molecule has 0 aliphatic rings. The van der Waals surface area contributed by atoms with Crippen LogP contribution in [0.25, 0.3) is 11.3 Å². The maximum atomic E-state index is 12.6. The lowest BCUT2D eigenvalue weighted by Crippen LogP contribution is -2.17. The normalized spacial score (nSPS) is 11.0. The van der Waals surface area contributed by atoms with Crippen molar-refractivity contribution >= 4 is 69.1 Å². The molecule has 0 radical (unpaired) electrons. The molecule has 10 heteroatoms. The van der Waals surface area contributed by atoms with Gasteiger partial charge in [-0.3, -0.25) is 4.79 Å². The van der Waals surface area contributed by atoms with Gasteiger partial charge in [-0.2, -0.15) is 5.10 Å². The number of rotatable bonds is 9. The van der Waals surface area contributed by atoms with Crippen molar-refractivity contribution in [3.8, 4) is 17.0 Å². The number of carbonyl (C=O) groups is 1. The monoisotopic (exact) mass is 606 g/mol. The molecule has 0 atom stereocenters. The average molecular weight is 608 g/mol. The Bertz CT molecular complexity index is 1650. The van der Waals surface area contributed by atoms with Crippen molar-refractivity contribution < 1.29 is 9.53 Å². The van der Waals surface area contributed by atoms with Crippen LogP contribution in [0, 0.1) is 0 Å². The third-order valence-corrected chi connectivity index (χ3v) is 7.29. The van der Waals surface area contributed by atoms with Crippen molar-refractivity contribution in [2.45, 2.75) is 6.61 Å². The van der Waals surface area contributed by atoms with Gasteiger partial charge in [-0.25, -0.2) is 10.4 Å². The Balaban J connectivity index is 1.15. The number of carbonyl (C=O) groups excluding carboxylic acids is 1. The number of nitrogens with one attached hydrogen (secondary N) is 2. The van der Waals surface area contributed by atoms with Gasteiger partial charge in [0.05, 0.1) is 11.9 Å². The van der Waals surface area contributed by atoms with Crippen molar-refractivity contribution in [1.29, 1.82) is 0 Å². The number of aromatic nitrogens is 1. The van der Waals surface area contributed by atoms with Gasteiger partial charge in [0.25, 0.3) is 5.91 Å². The molecule has 1 heterocycles. The highest BCUT2D eigenvalue weighted by Gasteiger charge is 2.09. The van der Waals surface area contributed by atoms with Gasteiger partial charge in [-0.1, -0.05) is 65.1 Å². The van der Waals surface area contributed by atoms with Crippen LogP contribution in [0.3, 0.4) is 0 Å². The number of amides is 1. The van der Waals surface area contributed by atoms with E-state index in [1.54, 1.807) is 30.5 Å². The second-order valence-corrected chi connectivity index (χ2v) is 10.7. The molecule has 6 nitrogen and oxygen atoms in total. The zero-order valence-electron chi connectivity index (χ0n) is 20.8. The lowest BCUT2D eigenvalue weighted by atomic mass is 10.1. The Kier molecular flexibility index (Phi) is 8.98. The third-order valence-electron chi connectivity index (χ3n) is 5.69. The largest absolute Gasteiger partial charge is 0.489 e. The molecule has 0 aliphatic carbocycles. The molecule has 200 valence electrons. The van der Waals surface area contributed by atoms with Crippen molar-refractivity contribution in [3.63, 3.8) is 0 Å². The highest BCUT2D eigenvalue weighted by atomic mass is 35.5. The van der Waals surface area contributed by atoms with Gasteiger partial charge in [-0.05, 0) is 66.2 Å². The number of ether oxygens (including phenoxy) is 1. The first kappa shape index (κ1) is 27.7. The molecule has 0 bridgehead atoms. The minimum absolute atomic E-state index is 0.296. The lowest BCUT2D eigenvalue weighted by Gasteiger charge is -2.08. The first-order valence-electron chi connectivity index (χ1n) is 12.0. The van der Waals surface area contributed by atoms with Crippen LogP contribution in [0.1, 0.15) is 21.5 Å². The van der Waals surface area contributed by atoms with E-state index < -0.39 is 0 Å². The Morgan fingerprint density at radius 1 is 0.925 bits per heavy atom. The molecule has 0 spiro atoms. The zero-order valence-corrected chi connectivity index (χ0v) is 23.9. The predicted octanol–water partition coefficient (Wildman–Crippen LogP) is 8.86. The molecule has 2 N–H and O–H groups in total. The van der Waals surface area contributed by atoms with Crippen LogP contribution < -0.4 is 15.5 Å². The maximum Gasteiger partial charge on any atom is 0.271 e. The van der Waals surface area contributed by atoms with Gasteiger partial charge < -0.3 is 10.1 Å². The molecule has 40 heavy (non-hydrogen) atoms. The molecule has 5 rings (SSSR count). The van der Waals surface area contributed by atoms with Crippen LogP contribution in [-0.4, -0.2) is 17.1 Å². The van der Waals surface area contributed by atoms with Crippen molar-refractivity contribution in [2.24, 2.45) is 5.10 Å². The number of thiazole rings is 1. The van der Waals surface area contributed by atoms with Crippen LogP contribution in [-0.2, 0) is 6.61 Å². The van der Waals surface area contributed by atoms with E-state index in [1.165, 1.54) is 11.3 Å². The van der Waals surface area contributed by atoms with Crippen molar-refractivity contribution in [2.75, 3.05) is 5.32 Å². The molecular formula is C30H21Cl3N4O2S. The van der Waals surface area contributed by atoms with Crippen LogP contribution in [0.2, 0.25) is 15.1 Å². The van der Waals surface area contributed by atoms with E-state index in [0.717, 1.165) is 33.2 Å². The molecule has 4 aromatic carbocycles. The molecular weight excluding hydrogens is 587 g/mol. The fourth-order valence-electron chi connectivity index (χ4n) is 3.63. The first-order valence-corrected chi connectivity index (χ1v) is 14.0. The van der Waals surface area contributed by atoms with Crippen molar-refractivity contribution in [3.05, 3.63) is 128 Å². The van der Waals surface area contributed by atoms with Gasteiger partial charge in [0, 0.05) is 42.8 Å². The number of nitrogens with zero attached hydrogens (tertiary/aromatic N) is 2. The third kappa shape index (κ3) is 7.40. The smallest absolute Gasteiger partial charge is 0.271 e. The van der Waals surface area contributed by atoms with E-state index in [2.05, 4.69) is 20.8 Å². The van der Waals surface area contributed by atoms with Crippen LogP contribution in [0.5, 0.6) is 5.75 Å². The SMILES string of the molecule is O=C(N/N=C\c1cccc(OCc2ccc(Cl)cc2Cl)c1)c1ccc(-c2csc(Nc3ccc(Cl)cc3)n2)cc1. The van der Waals surface area contributed by atoms with Gasteiger partial charge in [0.1, 0.15) is 12.4 Å². The molecule has 1 aromatic heterocycles. The van der Waals surface area contributed by atoms with E-state index in [9.17, 15) is 4.79 Å². The maximum absolute atomic E-state index is 12.6. The highest BCUT2D eigenvalue weighted by Crippen LogP contribution is 2.28. The molecule has 1 amide bonds. The highest BCUT2D eigenvalue weighted by molar-refractivity contribution is 7.14. The summed E-state index contributed by atoms with van der Waals surface area (Å²) in [5, 5.41) is 11.9. The van der Waals surface area contributed by atoms with Gasteiger partial charge in [-0.15, -0.1) is 11.3 Å². The minimum Gasteiger partial charge on any atom is -0.489 e. The second-order valence-electron chi connectivity index (χ2n) is 8.54. The van der Waals surface area contributed by atoms with Crippen LogP contribution in [0.4, 0.5) is 10.8 Å². The quantitative estimate of drug-likeness (QED) is 0.130. The topological polar surface area (TPSA) is 75.6 Å². The van der Waals surface area contributed by atoms with Gasteiger partial charge in [0.15, 0.2) is 5.13 Å². The molecule has 0 fully saturated rings. The summed E-state index contributed by atoms with van der Waals surface area (Å²) in [7, 11) is 0. The Hall–Kier alpha value is -3.88. The Morgan fingerprint density at radius 2 is 1.70 bits per heavy atom. The summed E-state index contributed by atoms with van der Waals surface area (Å²) in [6.45, 7) is 0.296.